The number of aromatic nitrogens is 1. The molecule has 1 aliphatic carbocycles. The summed E-state index contributed by atoms with van der Waals surface area (Å²) in [6.45, 7) is 0. The smallest absolute Gasteiger partial charge is 0.253 e. The number of nitrogens with zero attached hydrogens (tertiary/aromatic N) is 1. The third kappa shape index (κ3) is 2.60. The van der Waals surface area contributed by atoms with Crippen LogP contribution in [-0.4, -0.2) is 16.9 Å². The second-order valence-corrected chi connectivity index (χ2v) is 5.31. The summed E-state index contributed by atoms with van der Waals surface area (Å²) < 4.78 is 0. The summed E-state index contributed by atoms with van der Waals surface area (Å²) in [5, 5.41) is 3.25. The lowest BCUT2D eigenvalue weighted by Gasteiger charge is -2.07. The quantitative estimate of drug-likeness (QED) is 0.853. The average Bonchev–Trinajstić information content (AvgIpc) is 3.21. The minimum atomic E-state index is -0.199. The van der Waals surface area contributed by atoms with Crippen molar-refractivity contribution in [3.63, 3.8) is 0 Å². The molecule has 1 aromatic carbocycles. The van der Waals surface area contributed by atoms with Crippen LogP contribution in [0.2, 0.25) is 5.15 Å². The Morgan fingerprint density at radius 2 is 2.10 bits per heavy atom. The molecule has 1 fully saturated rings. The highest BCUT2D eigenvalue weighted by Crippen LogP contribution is 2.40. The van der Waals surface area contributed by atoms with Crippen LogP contribution >= 0.6 is 11.6 Å². The van der Waals surface area contributed by atoms with E-state index < -0.39 is 0 Å². The lowest BCUT2D eigenvalue weighted by Crippen LogP contribution is -2.27. The van der Waals surface area contributed by atoms with Crippen LogP contribution in [0.4, 0.5) is 5.69 Å². The predicted octanol–water partition coefficient (Wildman–Crippen LogP) is 2.60. The van der Waals surface area contributed by atoms with Crippen molar-refractivity contribution in [3.05, 3.63) is 58.9 Å². The van der Waals surface area contributed by atoms with E-state index in [1.807, 2.05) is 18.2 Å². The molecule has 0 radical (unpaired) electrons. The Hall–Kier alpha value is -2.07. The first-order valence-electron chi connectivity index (χ1n) is 6.42. The maximum Gasteiger partial charge on any atom is 0.253 e. The molecular weight excluding hydrogens is 274 g/mol. The Labute approximate surface area is 122 Å². The van der Waals surface area contributed by atoms with E-state index in [-0.39, 0.29) is 17.1 Å². The van der Waals surface area contributed by atoms with Crippen molar-refractivity contribution >= 4 is 23.2 Å². The summed E-state index contributed by atoms with van der Waals surface area (Å²) in [6, 6.07) is 11.8. The fraction of sp³-hybridized carbons (Fsp3) is 0.200. The highest BCUT2D eigenvalue weighted by atomic mass is 35.5. The molecule has 1 aromatic heterocycles. The molecule has 1 amide bonds. The van der Waals surface area contributed by atoms with Gasteiger partial charge in [-0.1, -0.05) is 41.9 Å². The van der Waals surface area contributed by atoms with Gasteiger partial charge in [0.15, 0.2) is 0 Å². The molecule has 3 rings (SSSR count). The number of hydrogen-bond acceptors (Lipinski definition) is 3. The first-order chi connectivity index (χ1) is 9.65. The monoisotopic (exact) mass is 287 g/mol. The molecule has 4 nitrogen and oxygen atoms in total. The third-order valence-electron chi connectivity index (χ3n) is 3.48. The number of rotatable bonds is 3. The van der Waals surface area contributed by atoms with Crippen LogP contribution in [-0.2, 0) is 0 Å². The summed E-state index contributed by atoms with van der Waals surface area (Å²) in [6.07, 6.45) is 2.35. The normalized spacial score (nSPS) is 20.4. The SMILES string of the molecule is Nc1cnc(Cl)cc1C(=O)NC1CC1c1ccccc1. The number of hydrogen-bond donors (Lipinski definition) is 2. The number of anilines is 1. The van der Waals surface area contributed by atoms with Gasteiger partial charge >= 0.3 is 0 Å². The van der Waals surface area contributed by atoms with Gasteiger partial charge in [0.1, 0.15) is 5.15 Å². The van der Waals surface area contributed by atoms with Crippen molar-refractivity contribution < 1.29 is 4.79 Å². The maximum absolute atomic E-state index is 12.2. The summed E-state index contributed by atoms with van der Waals surface area (Å²) in [5.74, 6) is 0.189. The molecule has 0 spiro atoms. The second-order valence-electron chi connectivity index (χ2n) is 4.93. The van der Waals surface area contributed by atoms with Crippen molar-refractivity contribution in [3.8, 4) is 0 Å². The van der Waals surface area contributed by atoms with Crippen LogP contribution < -0.4 is 11.1 Å². The van der Waals surface area contributed by atoms with Crippen LogP contribution in [0.3, 0.4) is 0 Å². The summed E-state index contributed by atoms with van der Waals surface area (Å²) in [7, 11) is 0. The number of nitrogens with one attached hydrogen (secondary N) is 1. The molecule has 20 heavy (non-hydrogen) atoms. The van der Waals surface area contributed by atoms with E-state index >= 15 is 0 Å². The van der Waals surface area contributed by atoms with Gasteiger partial charge in [-0.3, -0.25) is 4.79 Å². The van der Waals surface area contributed by atoms with E-state index in [1.165, 1.54) is 17.8 Å². The van der Waals surface area contributed by atoms with Gasteiger partial charge in [0.05, 0.1) is 17.4 Å². The Morgan fingerprint density at radius 1 is 1.35 bits per heavy atom. The first-order valence-corrected chi connectivity index (χ1v) is 6.80. The minimum Gasteiger partial charge on any atom is -0.397 e. The Kier molecular flexibility index (Phi) is 3.32. The molecular formula is C15H14ClN3O. The fourth-order valence-electron chi connectivity index (χ4n) is 2.31. The van der Waals surface area contributed by atoms with Crippen molar-refractivity contribution in [1.82, 2.24) is 10.3 Å². The third-order valence-corrected chi connectivity index (χ3v) is 3.69. The molecule has 0 bridgehead atoms. The fourth-order valence-corrected chi connectivity index (χ4v) is 2.46. The highest BCUT2D eigenvalue weighted by molar-refractivity contribution is 6.29. The van der Waals surface area contributed by atoms with Crippen LogP contribution in [0.1, 0.15) is 28.3 Å². The van der Waals surface area contributed by atoms with E-state index in [9.17, 15) is 4.79 Å². The van der Waals surface area contributed by atoms with Gasteiger partial charge in [-0.2, -0.15) is 0 Å². The van der Waals surface area contributed by atoms with E-state index in [2.05, 4.69) is 22.4 Å². The van der Waals surface area contributed by atoms with Crippen molar-refractivity contribution in [1.29, 1.82) is 0 Å². The van der Waals surface area contributed by atoms with Crippen LogP contribution in [0.5, 0.6) is 0 Å². The zero-order valence-electron chi connectivity index (χ0n) is 10.7. The van der Waals surface area contributed by atoms with E-state index in [0.717, 1.165) is 6.42 Å². The van der Waals surface area contributed by atoms with Gasteiger partial charge < -0.3 is 11.1 Å². The zero-order valence-corrected chi connectivity index (χ0v) is 11.5. The largest absolute Gasteiger partial charge is 0.397 e. The molecule has 1 aliphatic rings. The Bertz CT molecular complexity index is 645. The average molecular weight is 288 g/mol. The van der Waals surface area contributed by atoms with Gasteiger partial charge in [-0.15, -0.1) is 0 Å². The number of nitrogen functional groups attached to an aromatic ring is 1. The standard InChI is InChI=1S/C15H14ClN3O/c16-14-7-11(12(17)8-18-14)15(20)19-13-6-10(13)9-4-2-1-3-5-9/h1-5,7-8,10,13H,6,17H2,(H,19,20). The lowest BCUT2D eigenvalue weighted by molar-refractivity contribution is 0.0951. The van der Waals surface area contributed by atoms with Gasteiger partial charge in [-0.25, -0.2) is 4.98 Å². The second kappa shape index (κ2) is 5.13. The molecule has 5 heteroatoms. The molecule has 1 saturated carbocycles. The zero-order chi connectivity index (χ0) is 14.1. The van der Waals surface area contributed by atoms with Gasteiger partial charge in [0, 0.05) is 12.0 Å². The van der Waals surface area contributed by atoms with E-state index in [4.69, 9.17) is 17.3 Å². The maximum atomic E-state index is 12.2. The summed E-state index contributed by atoms with van der Waals surface area (Å²) in [4.78, 5) is 16.0. The topological polar surface area (TPSA) is 68.0 Å². The summed E-state index contributed by atoms with van der Waals surface area (Å²) >= 11 is 5.79. The molecule has 1 heterocycles. The lowest BCUT2D eigenvalue weighted by atomic mass is 10.1. The summed E-state index contributed by atoms with van der Waals surface area (Å²) in [5.41, 5.74) is 7.71. The number of carbonyl (C=O) groups is 1. The number of carbonyl (C=O) groups excluding carboxylic acids is 1. The van der Waals surface area contributed by atoms with E-state index in [0.29, 0.717) is 17.2 Å². The number of pyridine rings is 1. The van der Waals surface area contributed by atoms with Crippen molar-refractivity contribution in [2.45, 2.75) is 18.4 Å². The Morgan fingerprint density at radius 3 is 2.85 bits per heavy atom. The Balaban J connectivity index is 1.68. The molecule has 2 aromatic rings. The number of nitrogens with two attached hydrogens (primary N) is 1. The molecule has 0 saturated heterocycles. The van der Waals surface area contributed by atoms with Crippen molar-refractivity contribution in [2.75, 3.05) is 5.73 Å². The van der Waals surface area contributed by atoms with Crippen molar-refractivity contribution in [2.24, 2.45) is 0 Å². The number of halogens is 1. The molecule has 2 atom stereocenters. The molecule has 2 unspecified atom stereocenters. The predicted molar refractivity (Wildman–Crippen MR) is 78.7 cm³/mol. The number of benzene rings is 1. The minimum absolute atomic E-state index is 0.163. The molecule has 0 aliphatic heterocycles. The van der Waals surface area contributed by atoms with Crippen LogP contribution in [0.15, 0.2) is 42.6 Å². The number of amides is 1. The van der Waals surface area contributed by atoms with Gasteiger partial charge in [-0.05, 0) is 18.1 Å². The van der Waals surface area contributed by atoms with Crippen LogP contribution in [0.25, 0.3) is 0 Å². The van der Waals surface area contributed by atoms with Gasteiger partial charge in [0.25, 0.3) is 5.91 Å². The molecule has 3 N–H and O–H groups in total. The first kappa shape index (κ1) is 12.9. The van der Waals surface area contributed by atoms with E-state index in [1.54, 1.807) is 0 Å². The molecule has 102 valence electrons. The van der Waals surface area contributed by atoms with Gasteiger partial charge in [0.2, 0.25) is 0 Å². The highest BCUT2D eigenvalue weighted by Gasteiger charge is 2.39. The van der Waals surface area contributed by atoms with Crippen LogP contribution in [0, 0.1) is 0 Å².